The third kappa shape index (κ3) is 6.92. The molecule has 2 aromatic carbocycles. The molecule has 7 nitrogen and oxygen atoms in total. The number of thioether (sulfide) groups is 1. The van der Waals surface area contributed by atoms with Crippen LogP contribution >= 0.6 is 11.8 Å². The number of rotatable bonds is 11. The molecule has 0 aliphatic heterocycles. The molecule has 0 aliphatic carbocycles. The van der Waals surface area contributed by atoms with Crippen LogP contribution in [0, 0.1) is 6.92 Å². The fraction of sp³-hybridized carbons (Fsp3) is 0.231. The Bertz CT molecular complexity index is 1140. The van der Waals surface area contributed by atoms with E-state index in [2.05, 4.69) is 29.7 Å². The number of amides is 2. The van der Waals surface area contributed by atoms with Crippen molar-refractivity contribution >= 4 is 29.7 Å². The lowest BCUT2D eigenvalue weighted by Crippen LogP contribution is -2.35. The van der Waals surface area contributed by atoms with Crippen LogP contribution in [0.5, 0.6) is 11.5 Å². The number of carbonyl (C=O) groups excluding carboxylic acids is 2. The summed E-state index contributed by atoms with van der Waals surface area (Å²) < 4.78 is 15.8. The molecule has 3 aromatic rings. The van der Waals surface area contributed by atoms with Gasteiger partial charge in [-0.05, 0) is 48.4 Å². The van der Waals surface area contributed by atoms with Crippen molar-refractivity contribution in [2.24, 2.45) is 0 Å². The van der Waals surface area contributed by atoms with E-state index in [1.165, 1.54) is 37.7 Å². The summed E-state index contributed by atoms with van der Waals surface area (Å²) in [5, 5.41) is 5.55. The van der Waals surface area contributed by atoms with Gasteiger partial charge in [0.05, 0.1) is 20.5 Å². The number of hydrogen-bond donors (Lipinski definition) is 2. The minimum Gasteiger partial charge on any atom is -0.493 e. The van der Waals surface area contributed by atoms with Crippen molar-refractivity contribution in [2.45, 2.75) is 12.7 Å². The molecule has 0 radical (unpaired) electrons. The fourth-order valence-electron chi connectivity index (χ4n) is 3.13. The zero-order valence-electron chi connectivity index (χ0n) is 19.4. The van der Waals surface area contributed by atoms with E-state index in [-0.39, 0.29) is 5.70 Å². The number of methoxy groups -OCH3 is 2. The number of benzene rings is 2. The van der Waals surface area contributed by atoms with Crippen LogP contribution in [0.25, 0.3) is 6.08 Å². The lowest BCUT2D eigenvalue weighted by atomic mass is 10.1. The molecular formula is C26H28N2O5S. The van der Waals surface area contributed by atoms with Gasteiger partial charge in [0.2, 0.25) is 0 Å². The highest BCUT2D eigenvalue weighted by Gasteiger charge is 2.17. The molecule has 8 heteroatoms. The monoisotopic (exact) mass is 480 g/mol. The van der Waals surface area contributed by atoms with Crippen molar-refractivity contribution in [1.82, 2.24) is 10.6 Å². The molecule has 3 rings (SSSR count). The van der Waals surface area contributed by atoms with E-state index in [0.29, 0.717) is 29.4 Å². The second kappa shape index (κ2) is 12.6. The van der Waals surface area contributed by atoms with Gasteiger partial charge in [-0.2, -0.15) is 11.8 Å². The summed E-state index contributed by atoms with van der Waals surface area (Å²) in [6.45, 7) is 2.54. The first kappa shape index (κ1) is 25.0. The maximum absolute atomic E-state index is 12.9. The smallest absolute Gasteiger partial charge is 0.267 e. The second-order valence-corrected chi connectivity index (χ2v) is 8.44. The average molecular weight is 481 g/mol. The van der Waals surface area contributed by atoms with Crippen LogP contribution in [-0.2, 0) is 10.5 Å². The van der Waals surface area contributed by atoms with Gasteiger partial charge in [-0.3, -0.25) is 9.59 Å². The molecule has 178 valence electrons. The zero-order valence-corrected chi connectivity index (χ0v) is 20.2. The Morgan fingerprint density at radius 2 is 1.82 bits per heavy atom. The van der Waals surface area contributed by atoms with E-state index < -0.39 is 11.8 Å². The average Bonchev–Trinajstić information content (AvgIpc) is 3.37. The molecule has 2 amide bonds. The second-order valence-electron chi connectivity index (χ2n) is 7.33. The molecule has 1 aromatic heterocycles. The van der Waals surface area contributed by atoms with Crippen molar-refractivity contribution in [3.05, 3.63) is 89.0 Å². The highest BCUT2D eigenvalue weighted by atomic mass is 32.2. The predicted octanol–water partition coefficient (Wildman–Crippen LogP) is 4.43. The topological polar surface area (TPSA) is 89.8 Å². The Hall–Kier alpha value is -3.65. The molecule has 0 saturated heterocycles. The maximum atomic E-state index is 12.9. The van der Waals surface area contributed by atoms with Gasteiger partial charge < -0.3 is 24.5 Å². The fourth-order valence-corrected chi connectivity index (χ4v) is 4.07. The Morgan fingerprint density at radius 1 is 1.03 bits per heavy atom. The first-order valence-electron chi connectivity index (χ1n) is 10.7. The predicted molar refractivity (Wildman–Crippen MR) is 134 cm³/mol. The van der Waals surface area contributed by atoms with E-state index in [1.54, 1.807) is 42.1 Å². The van der Waals surface area contributed by atoms with Crippen LogP contribution in [0.4, 0.5) is 0 Å². The quantitative estimate of drug-likeness (QED) is 0.312. The van der Waals surface area contributed by atoms with Crippen LogP contribution in [0.3, 0.4) is 0 Å². The lowest BCUT2D eigenvalue weighted by Gasteiger charge is -2.12. The molecule has 0 fully saturated rings. The highest BCUT2D eigenvalue weighted by molar-refractivity contribution is 7.98. The molecule has 0 aliphatic rings. The van der Waals surface area contributed by atoms with Gasteiger partial charge in [0.15, 0.2) is 11.5 Å². The molecule has 0 bridgehead atoms. The van der Waals surface area contributed by atoms with Crippen LogP contribution < -0.4 is 20.1 Å². The highest BCUT2D eigenvalue weighted by Crippen LogP contribution is 2.27. The van der Waals surface area contributed by atoms with Crippen LogP contribution in [0.1, 0.15) is 27.2 Å². The molecule has 0 saturated carbocycles. The van der Waals surface area contributed by atoms with Crippen molar-refractivity contribution in [3.8, 4) is 11.5 Å². The number of hydrogen-bond acceptors (Lipinski definition) is 6. The molecular weight excluding hydrogens is 452 g/mol. The summed E-state index contributed by atoms with van der Waals surface area (Å²) in [5.41, 5.74) is 2.93. The van der Waals surface area contributed by atoms with Gasteiger partial charge in [0.25, 0.3) is 11.8 Å². The molecule has 0 atom stereocenters. The van der Waals surface area contributed by atoms with Crippen molar-refractivity contribution in [2.75, 3.05) is 26.5 Å². The van der Waals surface area contributed by atoms with E-state index in [1.807, 2.05) is 12.1 Å². The van der Waals surface area contributed by atoms with E-state index in [4.69, 9.17) is 13.9 Å². The van der Waals surface area contributed by atoms with Gasteiger partial charge in [-0.15, -0.1) is 0 Å². The summed E-state index contributed by atoms with van der Waals surface area (Å²) in [4.78, 5) is 25.7. The van der Waals surface area contributed by atoms with Gasteiger partial charge in [0.1, 0.15) is 11.5 Å². The largest absolute Gasteiger partial charge is 0.493 e. The number of aryl methyl sites for hydroxylation is 1. The first-order valence-corrected chi connectivity index (χ1v) is 11.9. The summed E-state index contributed by atoms with van der Waals surface area (Å²) >= 11 is 1.73. The molecule has 0 unspecified atom stereocenters. The maximum Gasteiger partial charge on any atom is 0.267 e. The SMILES string of the molecule is COc1ccc(C(=O)N/C(=C\c2ccco2)C(=O)NCCSCc2ccccc2C)cc1OC. The van der Waals surface area contributed by atoms with Crippen molar-refractivity contribution in [1.29, 1.82) is 0 Å². The van der Waals surface area contributed by atoms with Crippen LogP contribution in [-0.4, -0.2) is 38.3 Å². The van der Waals surface area contributed by atoms with Crippen molar-refractivity contribution in [3.63, 3.8) is 0 Å². The third-order valence-electron chi connectivity index (χ3n) is 5.02. The summed E-state index contributed by atoms with van der Waals surface area (Å²) in [6.07, 6.45) is 2.99. The Kier molecular flexibility index (Phi) is 9.22. The number of furan rings is 1. The Balaban J connectivity index is 1.62. The Labute approximate surface area is 203 Å². The van der Waals surface area contributed by atoms with Gasteiger partial charge >= 0.3 is 0 Å². The molecule has 2 N–H and O–H groups in total. The van der Waals surface area contributed by atoms with E-state index in [0.717, 1.165) is 11.5 Å². The lowest BCUT2D eigenvalue weighted by molar-refractivity contribution is -0.117. The summed E-state index contributed by atoms with van der Waals surface area (Å²) in [7, 11) is 3.01. The first-order chi connectivity index (χ1) is 16.5. The minimum absolute atomic E-state index is 0.0821. The standard InChI is InChI=1S/C26H28N2O5S/c1-18-7-4-5-8-20(18)17-34-14-12-27-26(30)22(16-21-9-6-13-33-21)28-25(29)19-10-11-23(31-2)24(15-19)32-3/h4-11,13,15-16H,12,14,17H2,1-3H3,(H,27,30)(H,28,29)/b22-16-. The van der Waals surface area contributed by atoms with Crippen molar-refractivity contribution < 1.29 is 23.5 Å². The van der Waals surface area contributed by atoms with E-state index >= 15 is 0 Å². The van der Waals surface area contributed by atoms with Crippen LogP contribution in [0.2, 0.25) is 0 Å². The number of ether oxygens (including phenoxy) is 2. The van der Waals surface area contributed by atoms with Crippen LogP contribution in [0.15, 0.2) is 71.0 Å². The van der Waals surface area contributed by atoms with Gasteiger partial charge in [0, 0.05) is 29.7 Å². The third-order valence-corrected chi connectivity index (χ3v) is 6.03. The van der Waals surface area contributed by atoms with E-state index in [9.17, 15) is 9.59 Å². The summed E-state index contributed by atoms with van der Waals surface area (Å²) in [6, 6.07) is 16.4. The Morgan fingerprint density at radius 3 is 2.53 bits per heavy atom. The normalized spacial score (nSPS) is 11.1. The zero-order chi connectivity index (χ0) is 24.3. The summed E-state index contributed by atoms with van der Waals surface area (Å²) in [5.74, 6) is 2.12. The molecule has 34 heavy (non-hydrogen) atoms. The molecule has 0 spiro atoms. The molecule has 1 heterocycles. The van der Waals surface area contributed by atoms with Gasteiger partial charge in [-0.25, -0.2) is 0 Å². The number of carbonyl (C=O) groups is 2. The minimum atomic E-state index is -0.456. The number of nitrogens with one attached hydrogen (secondary N) is 2. The van der Waals surface area contributed by atoms with Gasteiger partial charge in [-0.1, -0.05) is 24.3 Å².